The first-order chi connectivity index (χ1) is 9.83. The number of likely N-dealkylation sites (tertiary alicyclic amines) is 1. The van der Waals surface area contributed by atoms with Crippen LogP contribution in [0, 0.1) is 0 Å². The van der Waals surface area contributed by atoms with E-state index in [9.17, 15) is 4.79 Å². The molecule has 20 heavy (non-hydrogen) atoms. The van der Waals surface area contributed by atoms with Gasteiger partial charge in [-0.15, -0.1) is 0 Å². The van der Waals surface area contributed by atoms with E-state index in [0.717, 1.165) is 57.8 Å². The lowest BCUT2D eigenvalue weighted by Crippen LogP contribution is -2.51. The molecule has 108 valence electrons. The number of amides is 2. The van der Waals surface area contributed by atoms with Crippen molar-refractivity contribution < 1.29 is 4.79 Å². The van der Waals surface area contributed by atoms with E-state index in [1.165, 1.54) is 0 Å². The summed E-state index contributed by atoms with van der Waals surface area (Å²) in [6.45, 7) is 3.54. The maximum absolute atomic E-state index is 12.1. The quantitative estimate of drug-likeness (QED) is 0.882. The number of piperidine rings is 1. The molecular formula is C14H21N5O. The number of nitrogens with one attached hydrogen (secondary N) is 1. The van der Waals surface area contributed by atoms with Gasteiger partial charge in [0.05, 0.1) is 0 Å². The van der Waals surface area contributed by atoms with Gasteiger partial charge in [0, 0.05) is 44.6 Å². The van der Waals surface area contributed by atoms with Gasteiger partial charge >= 0.3 is 6.03 Å². The van der Waals surface area contributed by atoms with Gasteiger partial charge in [0.2, 0.25) is 5.95 Å². The van der Waals surface area contributed by atoms with Crippen molar-refractivity contribution in [1.29, 1.82) is 0 Å². The number of anilines is 1. The molecule has 0 aliphatic carbocycles. The molecule has 0 saturated carbocycles. The molecule has 0 bridgehead atoms. The fourth-order valence-corrected chi connectivity index (χ4v) is 2.92. The third kappa shape index (κ3) is 3.00. The molecule has 0 spiro atoms. The molecule has 2 aliphatic heterocycles. The lowest BCUT2D eigenvalue weighted by molar-refractivity contribution is 0.202. The van der Waals surface area contributed by atoms with Crippen LogP contribution in [-0.2, 0) is 0 Å². The Morgan fingerprint density at radius 3 is 2.65 bits per heavy atom. The number of urea groups is 1. The molecule has 1 atom stereocenters. The molecule has 2 aliphatic rings. The summed E-state index contributed by atoms with van der Waals surface area (Å²) in [6, 6.07) is 2.10. The van der Waals surface area contributed by atoms with E-state index in [1.807, 2.05) is 11.0 Å². The molecule has 0 aromatic carbocycles. The second-order valence-corrected chi connectivity index (χ2v) is 5.48. The van der Waals surface area contributed by atoms with E-state index in [0.29, 0.717) is 0 Å². The van der Waals surface area contributed by atoms with E-state index >= 15 is 0 Å². The van der Waals surface area contributed by atoms with Crippen molar-refractivity contribution in [1.82, 2.24) is 20.2 Å². The summed E-state index contributed by atoms with van der Waals surface area (Å²) in [5, 5.41) is 3.15. The molecular weight excluding hydrogens is 254 g/mol. The van der Waals surface area contributed by atoms with Gasteiger partial charge in [-0.3, -0.25) is 0 Å². The van der Waals surface area contributed by atoms with Crippen LogP contribution in [-0.4, -0.2) is 53.1 Å². The molecule has 2 fully saturated rings. The SMILES string of the molecule is O=C(N[C@H]1CCCN(c2ncccn2)C1)N1CCCC1. The van der Waals surface area contributed by atoms with E-state index in [2.05, 4.69) is 20.2 Å². The lowest BCUT2D eigenvalue weighted by Gasteiger charge is -2.33. The Hall–Kier alpha value is -1.85. The summed E-state index contributed by atoms with van der Waals surface area (Å²) in [7, 11) is 0. The van der Waals surface area contributed by atoms with Crippen LogP contribution in [0.2, 0.25) is 0 Å². The van der Waals surface area contributed by atoms with Crippen LogP contribution in [0.3, 0.4) is 0 Å². The monoisotopic (exact) mass is 275 g/mol. The number of hydrogen-bond acceptors (Lipinski definition) is 4. The molecule has 2 saturated heterocycles. The largest absolute Gasteiger partial charge is 0.339 e. The van der Waals surface area contributed by atoms with Gasteiger partial charge < -0.3 is 15.1 Å². The highest BCUT2D eigenvalue weighted by Gasteiger charge is 2.25. The van der Waals surface area contributed by atoms with Crippen molar-refractivity contribution in [2.75, 3.05) is 31.1 Å². The molecule has 1 N–H and O–H groups in total. The van der Waals surface area contributed by atoms with Crippen LogP contribution < -0.4 is 10.2 Å². The third-order valence-corrected chi connectivity index (χ3v) is 3.98. The molecule has 6 heteroatoms. The van der Waals surface area contributed by atoms with Crippen molar-refractivity contribution >= 4 is 12.0 Å². The Kier molecular flexibility index (Phi) is 3.99. The van der Waals surface area contributed by atoms with Gasteiger partial charge in [0.15, 0.2) is 0 Å². The second kappa shape index (κ2) is 6.07. The van der Waals surface area contributed by atoms with E-state index in [1.54, 1.807) is 12.4 Å². The number of carbonyl (C=O) groups is 1. The third-order valence-electron chi connectivity index (χ3n) is 3.98. The Balaban J connectivity index is 1.56. The van der Waals surface area contributed by atoms with E-state index in [-0.39, 0.29) is 12.1 Å². The normalized spacial score (nSPS) is 22.9. The Morgan fingerprint density at radius 1 is 1.15 bits per heavy atom. The topological polar surface area (TPSA) is 61.4 Å². The molecule has 1 aromatic rings. The number of aromatic nitrogens is 2. The van der Waals surface area contributed by atoms with Crippen molar-refractivity contribution in [2.24, 2.45) is 0 Å². The van der Waals surface area contributed by atoms with E-state index < -0.39 is 0 Å². The van der Waals surface area contributed by atoms with Gasteiger partial charge in [0.1, 0.15) is 0 Å². The van der Waals surface area contributed by atoms with Gasteiger partial charge in [0.25, 0.3) is 0 Å². The molecule has 0 unspecified atom stereocenters. The Labute approximate surface area is 119 Å². The number of carbonyl (C=O) groups excluding carboxylic acids is 1. The van der Waals surface area contributed by atoms with Crippen LogP contribution in [0.5, 0.6) is 0 Å². The summed E-state index contributed by atoms with van der Waals surface area (Å²) in [5.41, 5.74) is 0. The summed E-state index contributed by atoms with van der Waals surface area (Å²) >= 11 is 0. The maximum Gasteiger partial charge on any atom is 0.317 e. The molecule has 6 nitrogen and oxygen atoms in total. The van der Waals surface area contributed by atoms with Crippen LogP contribution in [0.25, 0.3) is 0 Å². The summed E-state index contributed by atoms with van der Waals surface area (Å²) < 4.78 is 0. The zero-order valence-corrected chi connectivity index (χ0v) is 11.7. The first-order valence-corrected chi connectivity index (χ1v) is 7.40. The van der Waals surface area contributed by atoms with Crippen LogP contribution in [0.4, 0.5) is 10.7 Å². The molecule has 2 amide bonds. The zero-order valence-electron chi connectivity index (χ0n) is 11.7. The number of rotatable bonds is 2. The first-order valence-electron chi connectivity index (χ1n) is 7.40. The standard InChI is InChI=1S/C14H21N5O/c20-14(18-8-1-2-9-18)17-12-5-3-10-19(11-12)13-15-6-4-7-16-13/h4,6-7,12H,1-3,5,8-11H2,(H,17,20)/t12-/m0/s1. The second-order valence-electron chi connectivity index (χ2n) is 5.48. The van der Waals surface area contributed by atoms with E-state index in [4.69, 9.17) is 0 Å². The van der Waals surface area contributed by atoms with Crippen LogP contribution in [0.15, 0.2) is 18.5 Å². The fraction of sp³-hybridized carbons (Fsp3) is 0.643. The first kappa shape index (κ1) is 13.1. The molecule has 0 radical (unpaired) electrons. The maximum atomic E-state index is 12.1. The van der Waals surface area contributed by atoms with Crippen molar-refractivity contribution in [3.8, 4) is 0 Å². The zero-order chi connectivity index (χ0) is 13.8. The van der Waals surface area contributed by atoms with Gasteiger partial charge in [-0.1, -0.05) is 0 Å². The highest BCUT2D eigenvalue weighted by molar-refractivity contribution is 5.74. The Morgan fingerprint density at radius 2 is 1.90 bits per heavy atom. The summed E-state index contributed by atoms with van der Waals surface area (Å²) in [6.07, 6.45) is 7.86. The summed E-state index contributed by atoms with van der Waals surface area (Å²) in [5.74, 6) is 0.757. The fourth-order valence-electron chi connectivity index (χ4n) is 2.92. The number of hydrogen-bond donors (Lipinski definition) is 1. The lowest BCUT2D eigenvalue weighted by atomic mass is 10.1. The average molecular weight is 275 g/mol. The Bertz CT molecular complexity index is 446. The van der Waals surface area contributed by atoms with Crippen molar-refractivity contribution in [2.45, 2.75) is 31.7 Å². The average Bonchev–Trinajstić information content (AvgIpc) is 3.03. The minimum atomic E-state index is 0.0864. The summed E-state index contributed by atoms with van der Waals surface area (Å²) in [4.78, 5) is 24.8. The van der Waals surface area contributed by atoms with Gasteiger partial charge in [-0.05, 0) is 31.7 Å². The minimum Gasteiger partial charge on any atom is -0.339 e. The van der Waals surface area contributed by atoms with Crippen molar-refractivity contribution in [3.05, 3.63) is 18.5 Å². The highest BCUT2D eigenvalue weighted by atomic mass is 16.2. The molecule has 1 aromatic heterocycles. The number of nitrogens with zero attached hydrogens (tertiary/aromatic N) is 4. The predicted molar refractivity (Wildman–Crippen MR) is 76.6 cm³/mol. The van der Waals surface area contributed by atoms with Gasteiger partial charge in [-0.25, -0.2) is 14.8 Å². The van der Waals surface area contributed by atoms with Crippen LogP contribution in [0.1, 0.15) is 25.7 Å². The highest BCUT2D eigenvalue weighted by Crippen LogP contribution is 2.16. The minimum absolute atomic E-state index is 0.0864. The van der Waals surface area contributed by atoms with Crippen molar-refractivity contribution in [3.63, 3.8) is 0 Å². The van der Waals surface area contributed by atoms with Gasteiger partial charge in [-0.2, -0.15) is 0 Å². The smallest absolute Gasteiger partial charge is 0.317 e. The van der Waals surface area contributed by atoms with Crippen LogP contribution >= 0.6 is 0 Å². The molecule has 3 heterocycles. The predicted octanol–water partition coefficient (Wildman–Crippen LogP) is 1.25. The molecule has 3 rings (SSSR count).